The van der Waals surface area contributed by atoms with E-state index in [9.17, 15) is 4.79 Å². The first kappa shape index (κ1) is 9.64. The molecule has 1 N–H and O–H groups in total. The van der Waals surface area contributed by atoms with Gasteiger partial charge in [0.25, 0.3) is 0 Å². The summed E-state index contributed by atoms with van der Waals surface area (Å²) in [4.78, 5) is 14.1. The molecule has 3 rings (SSSR count). The van der Waals surface area contributed by atoms with E-state index in [1.165, 1.54) is 25.7 Å². The van der Waals surface area contributed by atoms with Gasteiger partial charge in [-0.3, -0.25) is 10.1 Å². The molecule has 1 heterocycles. The molecule has 1 saturated heterocycles. The minimum absolute atomic E-state index is 0.112. The van der Waals surface area contributed by atoms with Gasteiger partial charge in [0.05, 0.1) is 11.7 Å². The van der Waals surface area contributed by atoms with Crippen LogP contribution < -0.4 is 5.32 Å². The smallest absolute Gasteiger partial charge is 0.244 e. The largest absolute Gasteiger partial charge is 0.326 e. The quantitative estimate of drug-likeness (QED) is 0.762. The van der Waals surface area contributed by atoms with Crippen LogP contribution in [0.3, 0.4) is 0 Å². The Morgan fingerprint density at radius 1 is 1.47 bits per heavy atom. The predicted octanol–water partition coefficient (Wildman–Crippen LogP) is 1.49. The van der Waals surface area contributed by atoms with Crippen molar-refractivity contribution in [1.82, 2.24) is 10.2 Å². The molecule has 2 aliphatic carbocycles. The Kier molecular flexibility index (Phi) is 2.06. The van der Waals surface area contributed by atoms with E-state index in [1.54, 1.807) is 0 Å². The lowest BCUT2D eigenvalue weighted by Crippen LogP contribution is -2.36. The van der Waals surface area contributed by atoms with Crippen molar-refractivity contribution in [3.05, 3.63) is 0 Å². The zero-order valence-corrected chi connectivity index (χ0v) is 9.46. The Morgan fingerprint density at radius 2 is 2.20 bits per heavy atom. The zero-order valence-electron chi connectivity index (χ0n) is 9.46. The van der Waals surface area contributed by atoms with Crippen molar-refractivity contribution in [1.29, 1.82) is 0 Å². The van der Waals surface area contributed by atoms with Crippen LogP contribution in [-0.2, 0) is 4.79 Å². The maximum Gasteiger partial charge on any atom is 0.244 e. The van der Waals surface area contributed by atoms with Crippen molar-refractivity contribution in [3.63, 3.8) is 0 Å². The minimum Gasteiger partial charge on any atom is -0.326 e. The molecule has 3 heteroatoms. The molecule has 0 aromatic rings. The van der Waals surface area contributed by atoms with Gasteiger partial charge in [0.1, 0.15) is 0 Å². The summed E-state index contributed by atoms with van der Waals surface area (Å²) in [6.07, 6.45) is 7.75. The van der Waals surface area contributed by atoms with Crippen LogP contribution in [0.1, 0.15) is 45.4 Å². The van der Waals surface area contributed by atoms with E-state index in [0.29, 0.717) is 5.91 Å². The van der Waals surface area contributed by atoms with E-state index >= 15 is 0 Å². The molecule has 1 spiro atoms. The lowest BCUT2D eigenvalue weighted by molar-refractivity contribution is -0.130. The number of carbonyl (C=O) groups excluding carboxylic acids is 1. The van der Waals surface area contributed by atoms with Crippen molar-refractivity contribution < 1.29 is 4.79 Å². The van der Waals surface area contributed by atoms with Gasteiger partial charge in [-0.1, -0.05) is 19.3 Å². The molecule has 0 aromatic heterocycles. The van der Waals surface area contributed by atoms with Gasteiger partial charge in [-0.2, -0.15) is 0 Å². The van der Waals surface area contributed by atoms with E-state index in [1.807, 2.05) is 0 Å². The SMILES string of the molecule is CC1NC2(CC2)C(=O)N1CCC1CCC1. The molecule has 1 aliphatic heterocycles. The fourth-order valence-electron chi connectivity index (χ4n) is 2.87. The highest BCUT2D eigenvalue weighted by atomic mass is 16.2. The number of hydrogen-bond acceptors (Lipinski definition) is 2. The third-order valence-corrected chi connectivity index (χ3v) is 4.38. The Bertz CT molecular complexity index is 281. The molecule has 0 bridgehead atoms. The lowest BCUT2D eigenvalue weighted by atomic mass is 9.83. The Labute approximate surface area is 91.2 Å². The van der Waals surface area contributed by atoms with Crippen molar-refractivity contribution in [2.24, 2.45) is 5.92 Å². The van der Waals surface area contributed by atoms with Gasteiger partial charge in [-0.25, -0.2) is 0 Å². The van der Waals surface area contributed by atoms with Gasteiger partial charge in [0.2, 0.25) is 5.91 Å². The van der Waals surface area contributed by atoms with E-state index in [-0.39, 0.29) is 11.7 Å². The number of hydrogen-bond donors (Lipinski definition) is 1. The van der Waals surface area contributed by atoms with Crippen molar-refractivity contribution in [2.75, 3.05) is 6.54 Å². The molecule has 0 radical (unpaired) electrons. The molecule has 3 aliphatic rings. The van der Waals surface area contributed by atoms with Crippen LogP contribution in [0.5, 0.6) is 0 Å². The summed E-state index contributed by atoms with van der Waals surface area (Å²) >= 11 is 0. The van der Waals surface area contributed by atoms with Crippen molar-refractivity contribution in [2.45, 2.75) is 57.2 Å². The zero-order chi connectivity index (χ0) is 10.5. The molecule has 84 valence electrons. The summed E-state index contributed by atoms with van der Waals surface area (Å²) in [7, 11) is 0. The van der Waals surface area contributed by atoms with Crippen molar-refractivity contribution in [3.8, 4) is 0 Å². The maximum absolute atomic E-state index is 12.1. The van der Waals surface area contributed by atoms with E-state index < -0.39 is 0 Å². The minimum atomic E-state index is -0.112. The maximum atomic E-state index is 12.1. The highest BCUT2D eigenvalue weighted by molar-refractivity contribution is 5.91. The standard InChI is InChI=1S/C12H20N2O/c1-9-13-12(6-7-12)11(15)14(9)8-5-10-3-2-4-10/h9-10,13H,2-8H2,1H3. The van der Waals surface area contributed by atoms with Crippen molar-refractivity contribution >= 4 is 5.91 Å². The molecule has 1 unspecified atom stereocenters. The predicted molar refractivity (Wildman–Crippen MR) is 58.2 cm³/mol. The van der Waals surface area contributed by atoms with Crippen LogP contribution in [-0.4, -0.2) is 29.1 Å². The van der Waals surface area contributed by atoms with Crippen LogP contribution >= 0.6 is 0 Å². The fraction of sp³-hybridized carbons (Fsp3) is 0.917. The van der Waals surface area contributed by atoms with Gasteiger partial charge >= 0.3 is 0 Å². The van der Waals surface area contributed by atoms with E-state index in [4.69, 9.17) is 0 Å². The average Bonchev–Trinajstić information content (AvgIpc) is 2.84. The summed E-state index contributed by atoms with van der Waals surface area (Å²) in [6, 6.07) is 0. The second kappa shape index (κ2) is 3.21. The van der Waals surface area contributed by atoms with E-state index in [0.717, 1.165) is 25.3 Å². The second-order valence-corrected chi connectivity index (χ2v) is 5.49. The molecular formula is C12H20N2O. The fourth-order valence-corrected chi connectivity index (χ4v) is 2.87. The monoisotopic (exact) mass is 208 g/mol. The number of amides is 1. The van der Waals surface area contributed by atoms with Crippen LogP contribution in [0.15, 0.2) is 0 Å². The first-order valence-electron chi connectivity index (χ1n) is 6.30. The summed E-state index contributed by atoms with van der Waals surface area (Å²) < 4.78 is 0. The number of carbonyl (C=O) groups is 1. The van der Waals surface area contributed by atoms with Gasteiger partial charge in [-0.15, -0.1) is 0 Å². The number of nitrogens with zero attached hydrogens (tertiary/aromatic N) is 1. The van der Waals surface area contributed by atoms with Gasteiger partial charge in [0, 0.05) is 6.54 Å². The van der Waals surface area contributed by atoms with Gasteiger partial charge in [0.15, 0.2) is 0 Å². The van der Waals surface area contributed by atoms with E-state index in [2.05, 4.69) is 17.1 Å². The van der Waals surface area contributed by atoms with Gasteiger partial charge < -0.3 is 4.90 Å². The molecule has 2 saturated carbocycles. The van der Waals surface area contributed by atoms with Crippen LogP contribution in [0.4, 0.5) is 0 Å². The molecular weight excluding hydrogens is 188 g/mol. The summed E-state index contributed by atoms with van der Waals surface area (Å²) in [5.41, 5.74) is -0.112. The Hall–Kier alpha value is -0.570. The third kappa shape index (κ3) is 1.48. The molecule has 1 amide bonds. The highest BCUT2D eigenvalue weighted by Crippen LogP contribution is 2.42. The molecule has 15 heavy (non-hydrogen) atoms. The average molecular weight is 208 g/mol. The van der Waals surface area contributed by atoms with Gasteiger partial charge in [-0.05, 0) is 32.1 Å². The first-order chi connectivity index (χ1) is 7.21. The second-order valence-electron chi connectivity index (χ2n) is 5.49. The molecule has 0 aromatic carbocycles. The Morgan fingerprint density at radius 3 is 2.67 bits per heavy atom. The molecule has 1 atom stereocenters. The summed E-state index contributed by atoms with van der Waals surface area (Å²) in [6.45, 7) is 3.09. The van der Waals surface area contributed by atoms with Crippen LogP contribution in [0.25, 0.3) is 0 Å². The summed E-state index contributed by atoms with van der Waals surface area (Å²) in [5.74, 6) is 1.27. The number of nitrogens with one attached hydrogen (secondary N) is 1. The van der Waals surface area contributed by atoms with Crippen LogP contribution in [0.2, 0.25) is 0 Å². The lowest BCUT2D eigenvalue weighted by Gasteiger charge is -2.29. The number of rotatable bonds is 3. The third-order valence-electron chi connectivity index (χ3n) is 4.38. The molecule has 3 fully saturated rings. The normalized spacial score (nSPS) is 33.5. The highest BCUT2D eigenvalue weighted by Gasteiger charge is 2.57. The Balaban J connectivity index is 1.57. The molecule has 3 nitrogen and oxygen atoms in total. The van der Waals surface area contributed by atoms with Crippen LogP contribution in [0, 0.1) is 5.92 Å². The summed E-state index contributed by atoms with van der Waals surface area (Å²) in [5, 5.41) is 3.44. The topological polar surface area (TPSA) is 32.3 Å². The first-order valence-corrected chi connectivity index (χ1v) is 6.30.